The molecule has 1 aromatic rings. The number of hydrogen-bond acceptors (Lipinski definition) is 7. The smallest absolute Gasteiger partial charge is 0.759 e. The molecule has 0 aliphatic heterocycles. The quantitative estimate of drug-likeness (QED) is 0.110. The zero-order valence-corrected chi connectivity index (χ0v) is 25.3. The number of carbonyl (C=O) groups excluding carboxylic acids is 1. The number of esters is 1. The van der Waals surface area contributed by atoms with Crippen molar-refractivity contribution in [3.05, 3.63) is 74.9 Å². The van der Waals surface area contributed by atoms with Crippen LogP contribution in [0.15, 0.2) is 63.7 Å². The Bertz CT molecular complexity index is 628. The average Bonchev–Trinajstić information content (AvgIpc) is 2.77. The molecule has 1 rings (SSSR count). The predicted octanol–water partition coefficient (Wildman–Crippen LogP) is 4.82. The van der Waals surface area contributed by atoms with E-state index in [4.69, 9.17) is 17.5 Å². The number of ether oxygens (including phenoxy) is 1. The van der Waals surface area contributed by atoms with Crippen LogP contribution in [-0.2, 0) is 19.9 Å². The summed E-state index contributed by atoms with van der Waals surface area (Å²) in [6, 6.07) is 8.02. The fraction of sp³-hybridized carbons (Fsp3) is 0.375. The molecule has 0 bridgehead atoms. The van der Waals surface area contributed by atoms with E-state index in [-0.39, 0.29) is 33.3 Å². The van der Waals surface area contributed by atoms with Crippen LogP contribution in [-0.4, -0.2) is 70.5 Å². The normalized spacial score (nSPS) is 8.06. The van der Waals surface area contributed by atoms with E-state index in [1.165, 1.54) is 6.92 Å². The van der Waals surface area contributed by atoms with Crippen LogP contribution in [0.5, 0.6) is 0 Å². The summed E-state index contributed by atoms with van der Waals surface area (Å²) < 4.78 is 38.7. The molecule has 33 heavy (non-hydrogen) atoms. The number of hydrogen-bond donors (Lipinski definition) is 1. The Hall–Kier alpha value is -1.60. The summed E-state index contributed by atoms with van der Waals surface area (Å²) in [6.07, 6.45) is 5.71. The molecule has 7 nitrogen and oxygen atoms in total. The first-order valence-electron chi connectivity index (χ1n) is 9.91. The van der Waals surface area contributed by atoms with E-state index in [0.29, 0.717) is 6.61 Å². The molecular weight excluding hydrogens is 638 g/mol. The molecular formula is C24H41NO6PbS. The molecule has 9 heteroatoms. The summed E-state index contributed by atoms with van der Waals surface area (Å²) in [6.45, 7) is 29.8. The molecule has 188 valence electrons. The second-order valence-electron chi connectivity index (χ2n) is 5.10. The van der Waals surface area contributed by atoms with Crippen molar-refractivity contribution in [1.82, 2.24) is 5.32 Å². The fourth-order valence-corrected chi connectivity index (χ4v) is 1.49. The number of benzene rings is 1. The maximum Gasteiger partial charge on any atom is 2.00 e. The predicted molar refractivity (Wildman–Crippen MR) is 141 cm³/mol. The van der Waals surface area contributed by atoms with E-state index in [9.17, 15) is 4.79 Å². The summed E-state index contributed by atoms with van der Waals surface area (Å²) in [5, 5.41) is 3.11. The SMILES string of the molecule is C=C.C=C.C=Cc1ccccc1C=C.CCCCOC(C)=O.CCNCC.O=S(=O)([O-])[O-].[Pb+2]. The first-order chi connectivity index (χ1) is 15.1. The Morgan fingerprint density at radius 2 is 1.30 bits per heavy atom. The van der Waals surface area contributed by atoms with Gasteiger partial charge in [0.25, 0.3) is 0 Å². The number of rotatable bonds is 7. The molecule has 0 amide bonds. The number of carbonyl (C=O) groups is 1. The number of nitrogens with one attached hydrogen (secondary N) is 1. The second kappa shape index (κ2) is 37.7. The van der Waals surface area contributed by atoms with E-state index in [0.717, 1.165) is 37.1 Å². The van der Waals surface area contributed by atoms with Gasteiger partial charge in [0.1, 0.15) is 0 Å². The first-order valence-corrected chi connectivity index (χ1v) is 11.2. The van der Waals surface area contributed by atoms with Crippen LogP contribution in [0.2, 0.25) is 0 Å². The maximum absolute atomic E-state index is 10.1. The molecule has 0 unspecified atom stereocenters. The monoisotopic (exact) mass is 679 g/mol. The van der Waals surface area contributed by atoms with Gasteiger partial charge in [0, 0.05) is 17.3 Å². The average molecular weight is 679 g/mol. The van der Waals surface area contributed by atoms with Gasteiger partial charge >= 0.3 is 33.3 Å². The van der Waals surface area contributed by atoms with Crippen LogP contribution in [0, 0.1) is 0 Å². The molecule has 0 atom stereocenters. The molecule has 0 saturated carbocycles. The Labute approximate surface area is 222 Å². The minimum absolute atomic E-state index is 0. The van der Waals surface area contributed by atoms with Gasteiger partial charge in [-0.1, -0.05) is 76.8 Å². The van der Waals surface area contributed by atoms with Gasteiger partial charge in [-0.05, 0) is 30.6 Å². The van der Waals surface area contributed by atoms with Crippen molar-refractivity contribution in [2.75, 3.05) is 19.7 Å². The van der Waals surface area contributed by atoms with Crippen LogP contribution in [0.1, 0.15) is 51.7 Å². The summed E-state index contributed by atoms with van der Waals surface area (Å²) in [5.74, 6) is -0.182. The second-order valence-corrected chi connectivity index (χ2v) is 5.91. The van der Waals surface area contributed by atoms with Crippen LogP contribution in [0.4, 0.5) is 0 Å². The third kappa shape index (κ3) is 58.9. The minimum atomic E-state index is -5.17. The summed E-state index contributed by atoms with van der Waals surface area (Å²) in [5.41, 5.74) is 2.27. The molecule has 0 aromatic heterocycles. The van der Waals surface area contributed by atoms with E-state index >= 15 is 0 Å². The van der Waals surface area contributed by atoms with Crippen LogP contribution < -0.4 is 5.32 Å². The third-order valence-electron chi connectivity index (χ3n) is 2.74. The topological polar surface area (TPSA) is 119 Å². The molecule has 0 spiro atoms. The molecule has 1 aromatic carbocycles. The Morgan fingerprint density at radius 3 is 1.48 bits per heavy atom. The first kappa shape index (κ1) is 45.0. The van der Waals surface area contributed by atoms with Gasteiger partial charge in [0.15, 0.2) is 0 Å². The van der Waals surface area contributed by atoms with E-state index < -0.39 is 10.4 Å². The Morgan fingerprint density at radius 1 is 0.970 bits per heavy atom. The molecule has 0 aliphatic carbocycles. The van der Waals surface area contributed by atoms with E-state index in [1.54, 1.807) is 0 Å². The van der Waals surface area contributed by atoms with E-state index in [2.05, 4.69) is 70.3 Å². The summed E-state index contributed by atoms with van der Waals surface area (Å²) in [7, 11) is -5.17. The van der Waals surface area contributed by atoms with E-state index in [1.807, 2.05) is 36.4 Å². The minimum Gasteiger partial charge on any atom is -0.759 e. The number of unbranched alkanes of at least 4 members (excludes halogenated alkanes) is 1. The molecule has 0 aliphatic rings. The zero-order chi connectivity index (χ0) is 26.4. The van der Waals surface area contributed by atoms with Gasteiger partial charge in [-0.3, -0.25) is 13.2 Å². The summed E-state index contributed by atoms with van der Waals surface area (Å²) >= 11 is 0. The Balaban J connectivity index is -0.0000000719. The van der Waals surface area contributed by atoms with Gasteiger partial charge in [0.2, 0.25) is 0 Å². The standard InChI is InChI=1S/C10H10.C6H12O2.C4H11N.2C2H4.H2O4S.Pb/c1-3-9-7-5-6-8-10(9)4-2;1-3-4-5-8-6(2)7;1-3-5-4-2;2*1-2;1-5(2,3)4;/h3-8H,1-2H2;3-5H2,1-2H3;5H,3-4H2,1-2H3;2*1-2H2;(H2,1,2,3,4);/q;;;;;;+2/p-2. The van der Waals surface area contributed by atoms with Gasteiger partial charge in [-0.2, -0.15) is 0 Å². The van der Waals surface area contributed by atoms with Crippen LogP contribution >= 0.6 is 0 Å². The largest absolute Gasteiger partial charge is 2.00 e. The third-order valence-corrected chi connectivity index (χ3v) is 2.74. The van der Waals surface area contributed by atoms with Gasteiger partial charge in [-0.25, -0.2) is 0 Å². The molecule has 0 fully saturated rings. The van der Waals surface area contributed by atoms with Gasteiger partial charge in [0.05, 0.1) is 6.61 Å². The summed E-state index contributed by atoms with van der Waals surface area (Å²) in [4.78, 5) is 10.1. The maximum atomic E-state index is 10.1. The van der Waals surface area contributed by atoms with Crippen molar-refractivity contribution in [1.29, 1.82) is 0 Å². The Kier molecular flexibility index (Phi) is 51.4. The molecule has 0 saturated heterocycles. The van der Waals surface area contributed by atoms with Crippen molar-refractivity contribution in [2.45, 2.75) is 40.5 Å². The van der Waals surface area contributed by atoms with Crippen molar-refractivity contribution in [3.8, 4) is 0 Å². The molecule has 0 heterocycles. The fourth-order valence-electron chi connectivity index (χ4n) is 1.49. The van der Waals surface area contributed by atoms with Crippen LogP contribution in [0.25, 0.3) is 12.2 Å². The van der Waals surface area contributed by atoms with Crippen molar-refractivity contribution >= 4 is 55.8 Å². The molecule has 1 N–H and O–H groups in total. The molecule has 2 radical (unpaired) electrons. The zero-order valence-electron chi connectivity index (χ0n) is 20.6. The van der Waals surface area contributed by atoms with Crippen molar-refractivity contribution < 1.29 is 27.1 Å². The van der Waals surface area contributed by atoms with Gasteiger partial charge < -0.3 is 19.2 Å². The van der Waals surface area contributed by atoms with Crippen LogP contribution in [0.3, 0.4) is 0 Å². The van der Waals surface area contributed by atoms with Crippen molar-refractivity contribution in [2.24, 2.45) is 0 Å². The van der Waals surface area contributed by atoms with Gasteiger partial charge in [-0.15, -0.1) is 26.3 Å². The van der Waals surface area contributed by atoms with Crippen molar-refractivity contribution in [3.63, 3.8) is 0 Å².